The monoisotopic (exact) mass is 398 g/mol. The van der Waals surface area contributed by atoms with Crippen molar-refractivity contribution in [3.63, 3.8) is 0 Å². The van der Waals surface area contributed by atoms with Gasteiger partial charge < -0.3 is 5.32 Å². The van der Waals surface area contributed by atoms with Crippen LogP contribution >= 0.6 is 11.6 Å². The molecule has 0 radical (unpaired) electrons. The zero-order valence-electron chi connectivity index (χ0n) is 17.2. The molecule has 1 unspecified atom stereocenters. The van der Waals surface area contributed by atoms with Crippen molar-refractivity contribution in [2.75, 3.05) is 0 Å². The maximum Gasteiger partial charge on any atom is 0.270 e. The Balaban J connectivity index is 2.20. The van der Waals surface area contributed by atoms with Gasteiger partial charge in [-0.05, 0) is 25.0 Å². The molecule has 28 heavy (non-hydrogen) atoms. The lowest BCUT2D eigenvalue weighted by atomic mass is 9.93. The summed E-state index contributed by atoms with van der Waals surface area (Å²) in [4.78, 5) is 17.8. The third kappa shape index (κ3) is 4.04. The van der Waals surface area contributed by atoms with Crippen molar-refractivity contribution < 1.29 is 4.79 Å². The average Bonchev–Trinajstić information content (AvgIpc) is 3.05. The molecule has 0 spiro atoms. The molecule has 3 aromatic rings. The highest BCUT2D eigenvalue weighted by Crippen LogP contribution is 2.29. The van der Waals surface area contributed by atoms with Crippen LogP contribution in [0.15, 0.2) is 36.4 Å². The number of rotatable bonds is 4. The Morgan fingerprint density at radius 2 is 1.82 bits per heavy atom. The molecule has 0 bridgehead atoms. The molecule has 0 fully saturated rings. The van der Waals surface area contributed by atoms with E-state index in [4.69, 9.17) is 16.6 Å². The van der Waals surface area contributed by atoms with Crippen molar-refractivity contribution in [1.29, 1.82) is 0 Å². The molecular weight excluding hydrogens is 372 g/mol. The maximum atomic E-state index is 13.1. The topological polar surface area (TPSA) is 59.3 Å². The van der Waals surface area contributed by atoms with Crippen molar-refractivity contribution in [1.82, 2.24) is 19.9 Å². The van der Waals surface area contributed by atoms with E-state index in [2.05, 4.69) is 45.0 Å². The van der Waals surface area contributed by atoms with Crippen molar-refractivity contribution in [3.8, 4) is 11.3 Å². The second-order valence-electron chi connectivity index (χ2n) is 8.56. The first-order valence-corrected chi connectivity index (χ1v) is 9.93. The average molecular weight is 399 g/mol. The molecule has 1 aromatic carbocycles. The summed E-state index contributed by atoms with van der Waals surface area (Å²) in [5.74, 6) is 0.150. The summed E-state index contributed by atoms with van der Waals surface area (Å²) in [6, 6.07) is 11.2. The summed E-state index contributed by atoms with van der Waals surface area (Å²) in [5.41, 5.74) is 3.24. The van der Waals surface area contributed by atoms with Gasteiger partial charge in [0, 0.05) is 28.1 Å². The number of amides is 1. The third-order valence-corrected chi connectivity index (χ3v) is 5.27. The number of nitrogens with one attached hydrogen (secondary N) is 1. The quantitative estimate of drug-likeness (QED) is 0.663. The highest BCUT2D eigenvalue weighted by Gasteiger charge is 2.23. The molecule has 0 aliphatic heterocycles. The number of hydrogen-bond donors (Lipinski definition) is 1. The molecule has 1 N–H and O–H groups in total. The highest BCUT2D eigenvalue weighted by atomic mass is 35.5. The minimum atomic E-state index is -0.175. The SMILES string of the molecule is CC(C)C(C)NC(=O)c1cc(-c2ccccc2Cl)nc2cc(C(C)(C)C)nn12. The molecule has 3 rings (SSSR count). The number of nitrogens with zero attached hydrogens (tertiary/aromatic N) is 3. The van der Waals surface area contributed by atoms with Gasteiger partial charge in [-0.25, -0.2) is 9.50 Å². The van der Waals surface area contributed by atoms with Crippen LogP contribution in [0.5, 0.6) is 0 Å². The van der Waals surface area contributed by atoms with Crippen LogP contribution in [0.4, 0.5) is 0 Å². The fourth-order valence-corrected chi connectivity index (χ4v) is 2.99. The van der Waals surface area contributed by atoms with Gasteiger partial charge in [0.25, 0.3) is 5.91 Å². The number of fused-ring (bicyclic) bond motifs is 1. The van der Waals surface area contributed by atoms with Crippen LogP contribution in [0.2, 0.25) is 5.02 Å². The lowest BCUT2D eigenvalue weighted by Gasteiger charge is -2.18. The number of benzene rings is 1. The molecule has 0 saturated heterocycles. The molecule has 0 aliphatic rings. The first-order chi connectivity index (χ1) is 13.1. The highest BCUT2D eigenvalue weighted by molar-refractivity contribution is 6.33. The zero-order chi connectivity index (χ0) is 20.6. The molecule has 0 saturated carbocycles. The molecule has 2 aromatic heterocycles. The van der Waals surface area contributed by atoms with Gasteiger partial charge >= 0.3 is 0 Å². The van der Waals surface area contributed by atoms with Crippen LogP contribution in [0.1, 0.15) is 57.7 Å². The predicted molar refractivity (Wildman–Crippen MR) is 114 cm³/mol. The van der Waals surface area contributed by atoms with Crippen LogP contribution in [-0.2, 0) is 5.41 Å². The number of hydrogen-bond acceptors (Lipinski definition) is 3. The minimum Gasteiger partial charge on any atom is -0.348 e. The fourth-order valence-electron chi connectivity index (χ4n) is 2.76. The molecule has 5 nitrogen and oxygen atoms in total. The van der Waals surface area contributed by atoms with Gasteiger partial charge in [0.05, 0.1) is 11.4 Å². The lowest BCUT2D eigenvalue weighted by Crippen LogP contribution is -2.37. The van der Waals surface area contributed by atoms with Crippen molar-refractivity contribution in [3.05, 3.63) is 52.8 Å². The van der Waals surface area contributed by atoms with E-state index in [-0.39, 0.29) is 17.4 Å². The standard InChI is InChI=1S/C22H27ClN4O/c1-13(2)14(3)24-21(28)18-11-17(15-9-7-8-10-16(15)23)25-20-12-19(22(4,5)6)26-27(18)20/h7-14H,1-6H3,(H,24,28). The Hall–Kier alpha value is -2.40. The Bertz CT molecular complexity index is 1020. The van der Waals surface area contributed by atoms with Gasteiger partial charge in [0.15, 0.2) is 5.65 Å². The second kappa shape index (κ2) is 7.55. The normalized spacial score (nSPS) is 13.1. The summed E-state index contributed by atoms with van der Waals surface area (Å²) in [6.07, 6.45) is 0. The molecule has 1 atom stereocenters. The van der Waals surface area contributed by atoms with Gasteiger partial charge in [-0.1, -0.05) is 64.4 Å². The van der Waals surface area contributed by atoms with Gasteiger partial charge in [-0.2, -0.15) is 5.10 Å². The second-order valence-corrected chi connectivity index (χ2v) is 8.97. The van der Waals surface area contributed by atoms with E-state index in [0.29, 0.717) is 28.0 Å². The van der Waals surface area contributed by atoms with Crippen molar-refractivity contribution in [2.24, 2.45) is 5.92 Å². The first-order valence-electron chi connectivity index (χ1n) is 9.55. The molecule has 2 heterocycles. The lowest BCUT2D eigenvalue weighted by molar-refractivity contribution is 0.0922. The first kappa shape index (κ1) is 20.3. The van der Waals surface area contributed by atoms with Gasteiger partial charge in [-0.3, -0.25) is 4.79 Å². The van der Waals surface area contributed by atoms with Gasteiger partial charge in [0.2, 0.25) is 0 Å². The summed E-state index contributed by atoms with van der Waals surface area (Å²) in [5, 5.41) is 8.34. The minimum absolute atomic E-state index is 0.0390. The Morgan fingerprint density at radius 1 is 1.14 bits per heavy atom. The van der Waals surface area contributed by atoms with Crippen molar-refractivity contribution >= 4 is 23.2 Å². The van der Waals surface area contributed by atoms with E-state index in [1.54, 1.807) is 10.6 Å². The van der Waals surface area contributed by atoms with Crippen LogP contribution < -0.4 is 5.32 Å². The smallest absolute Gasteiger partial charge is 0.270 e. The molecular formula is C22H27ClN4O. The number of carbonyl (C=O) groups is 1. The number of aromatic nitrogens is 3. The van der Waals surface area contributed by atoms with Crippen LogP contribution in [-0.4, -0.2) is 26.5 Å². The third-order valence-electron chi connectivity index (χ3n) is 4.94. The van der Waals surface area contributed by atoms with E-state index < -0.39 is 0 Å². The van der Waals surface area contributed by atoms with E-state index in [1.807, 2.05) is 37.3 Å². The van der Waals surface area contributed by atoms with E-state index in [9.17, 15) is 4.79 Å². The fraction of sp³-hybridized carbons (Fsp3) is 0.409. The predicted octanol–water partition coefficient (Wildman–Crippen LogP) is 5.12. The van der Waals surface area contributed by atoms with Crippen LogP contribution in [0.25, 0.3) is 16.9 Å². The van der Waals surface area contributed by atoms with E-state index in [0.717, 1.165) is 11.3 Å². The van der Waals surface area contributed by atoms with Crippen LogP contribution in [0.3, 0.4) is 0 Å². The van der Waals surface area contributed by atoms with E-state index >= 15 is 0 Å². The Labute approximate surface area is 171 Å². The van der Waals surface area contributed by atoms with Crippen molar-refractivity contribution in [2.45, 2.75) is 53.0 Å². The molecule has 6 heteroatoms. The Morgan fingerprint density at radius 3 is 2.43 bits per heavy atom. The zero-order valence-corrected chi connectivity index (χ0v) is 18.0. The van der Waals surface area contributed by atoms with E-state index in [1.165, 1.54) is 0 Å². The summed E-state index contributed by atoms with van der Waals surface area (Å²) < 4.78 is 1.63. The molecule has 148 valence electrons. The number of halogens is 1. The maximum absolute atomic E-state index is 13.1. The molecule has 1 amide bonds. The number of carbonyl (C=O) groups excluding carboxylic acids is 1. The Kier molecular flexibility index (Phi) is 5.48. The van der Waals surface area contributed by atoms with Gasteiger partial charge in [-0.15, -0.1) is 0 Å². The largest absolute Gasteiger partial charge is 0.348 e. The summed E-state index contributed by atoms with van der Waals surface area (Å²) in [7, 11) is 0. The van der Waals surface area contributed by atoms with Gasteiger partial charge in [0.1, 0.15) is 5.69 Å². The molecule has 0 aliphatic carbocycles. The summed E-state index contributed by atoms with van der Waals surface area (Å²) >= 11 is 6.38. The summed E-state index contributed by atoms with van der Waals surface area (Å²) in [6.45, 7) is 12.4. The van der Waals surface area contributed by atoms with Crippen LogP contribution in [0, 0.1) is 5.92 Å².